The minimum atomic E-state index is -0.513. The van der Waals surface area contributed by atoms with Crippen LogP contribution < -0.4 is 10.6 Å². The van der Waals surface area contributed by atoms with E-state index in [9.17, 15) is 14.7 Å². The highest BCUT2D eigenvalue weighted by molar-refractivity contribution is 5.90. The molecule has 2 amide bonds. The number of aliphatic hydroxyl groups excluding tert-OH is 1. The number of hydrogen-bond acceptors (Lipinski definition) is 3. The van der Waals surface area contributed by atoms with Crippen LogP contribution in [-0.2, 0) is 9.59 Å². The van der Waals surface area contributed by atoms with Crippen molar-refractivity contribution < 1.29 is 14.7 Å². The normalized spacial score (nSPS) is 22.0. The minimum Gasteiger partial charge on any atom is -0.391 e. The molecule has 5 nitrogen and oxygen atoms in total. The van der Waals surface area contributed by atoms with E-state index in [1.54, 1.807) is 0 Å². The number of carbonyl (C=O) groups is 2. The molecular formula is C11H20N2O3. The lowest BCUT2D eigenvalue weighted by Gasteiger charge is -2.15. The Morgan fingerprint density at radius 1 is 1.62 bits per heavy atom. The molecule has 1 heterocycles. The summed E-state index contributed by atoms with van der Waals surface area (Å²) in [5, 5.41) is 14.8. The number of rotatable bonds is 5. The molecule has 0 radical (unpaired) electrons. The molecule has 2 atom stereocenters. The number of nitrogens with one attached hydrogen (secondary N) is 2. The minimum absolute atomic E-state index is 0.0807. The number of aliphatic hydroxyl groups is 1. The third kappa shape index (κ3) is 4.18. The van der Waals surface area contributed by atoms with Crippen molar-refractivity contribution in [2.75, 3.05) is 6.54 Å². The molecule has 1 aliphatic heterocycles. The molecule has 1 saturated heterocycles. The van der Waals surface area contributed by atoms with E-state index >= 15 is 0 Å². The Hall–Kier alpha value is -1.10. The van der Waals surface area contributed by atoms with Crippen molar-refractivity contribution in [3.8, 4) is 0 Å². The van der Waals surface area contributed by atoms with Gasteiger partial charge in [-0.05, 0) is 18.8 Å². The summed E-state index contributed by atoms with van der Waals surface area (Å²) in [4.78, 5) is 22.4. The molecule has 92 valence electrons. The Bertz CT molecular complexity index is 266. The Morgan fingerprint density at radius 3 is 2.81 bits per heavy atom. The highest BCUT2D eigenvalue weighted by Crippen LogP contribution is 2.07. The highest BCUT2D eigenvalue weighted by atomic mass is 16.3. The number of amides is 2. The van der Waals surface area contributed by atoms with E-state index in [0.29, 0.717) is 25.2 Å². The molecule has 0 aliphatic carbocycles. The molecule has 0 aromatic carbocycles. The van der Waals surface area contributed by atoms with Crippen molar-refractivity contribution in [2.24, 2.45) is 5.92 Å². The van der Waals surface area contributed by atoms with Gasteiger partial charge in [0.2, 0.25) is 11.8 Å². The summed E-state index contributed by atoms with van der Waals surface area (Å²) in [6.45, 7) is 4.29. The summed E-state index contributed by atoms with van der Waals surface area (Å²) < 4.78 is 0. The molecule has 0 saturated carbocycles. The molecule has 5 heteroatoms. The van der Waals surface area contributed by atoms with Crippen LogP contribution in [-0.4, -0.2) is 35.6 Å². The van der Waals surface area contributed by atoms with Gasteiger partial charge >= 0.3 is 0 Å². The third-order valence-corrected chi connectivity index (χ3v) is 2.57. The van der Waals surface area contributed by atoms with E-state index in [4.69, 9.17) is 0 Å². The van der Waals surface area contributed by atoms with Crippen LogP contribution in [0.5, 0.6) is 0 Å². The molecule has 3 N–H and O–H groups in total. The molecule has 0 aromatic rings. The van der Waals surface area contributed by atoms with Gasteiger partial charge in [-0.25, -0.2) is 0 Å². The zero-order chi connectivity index (χ0) is 12.1. The average Bonchev–Trinajstić information content (AvgIpc) is 2.60. The van der Waals surface area contributed by atoms with Crippen LogP contribution >= 0.6 is 0 Å². The predicted octanol–water partition coefficient (Wildman–Crippen LogP) is -0.212. The van der Waals surface area contributed by atoms with Gasteiger partial charge in [-0.3, -0.25) is 9.59 Å². The van der Waals surface area contributed by atoms with Crippen molar-refractivity contribution >= 4 is 11.8 Å². The topological polar surface area (TPSA) is 78.4 Å². The van der Waals surface area contributed by atoms with Crippen LogP contribution in [0.15, 0.2) is 0 Å². The predicted molar refractivity (Wildman–Crippen MR) is 59.6 cm³/mol. The van der Waals surface area contributed by atoms with Crippen LogP contribution in [0.3, 0.4) is 0 Å². The zero-order valence-electron chi connectivity index (χ0n) is 9.82. The average molecular weight is 228 g/mol. The van der Waals surface area contributed by atoms with E-state index in [1.165, 1.54) is 0 Å². The van der Waals surface area contributed by atoms with Crippen molar-refractivity contribution in [3.05, 3.63) is 0 Å². The summed E-state index contributed by atoms with van der Waals surface area (Å²) in [6, 6.07) is -0.418. The first-order valence-corrected chi connectivity index (χ1v) is 5.74. The molecule has 1 rings (SSSR count). The number of carbonyl (C=O) groups excluding carboxylic acids is 2. The van der Waals surface area contributed by atoms with E-state index in [-0.39, 0.29) is 18.4 Å². The van der Waals surface area contributed by atoms with Gasteiger partial charge in [0.05, 0.1) is 6.10 Å². The van der Waals surface area contributed by atoms with Gasteiger partial charge in [0.15, 0.2) is 0 Å². The summed E-state index contributed by atoms with van der Waals surface area (Å²) in [7, 11) is 0. The van der Waals surface area contributed by atoms with Crippen LogP contribution in [0.1, 0.15) is 33.1 Å². The quantitative estimate of drug-likeness (QED) is 0.609. The molecule has 1 aliphatic rings. The Kier molecular flexibility index (Phi) is 4.73. The summed E-state index contributed by atoms with van der Waals surface area (Å²) in [5.41, 5.74) is 0. The first-order chi connectivity index (χ1) is 7.49. The monoisotopic (exact) mass is 228 g/mol. The second kappa shape index (κ2) is 5.84. The van der Waals surface area contributed by atoms with Crippen molar-refractivity contribution in [3.63, 3.8) is 0 Å². The first-order valence-electron chi connectivity index (χ1n) is 5.74. The van der Waals surface area contributed by atoms with Gasteiger partial charge in [0.1, 0.15) is 6.04 Å². The zero-order valence-corrected chi connectivity index (χ0v) is 9.82. The Morgan fingerprint density at radius 2 is 2.31 bits per heavy atom. The van der Waals surface area contributed by atoms with E-state index in [2.05, 4.69) is 10.6 Å². The molecule has 0 bridgehead atoms. The standard InChI is InChI=1S/C11H20N2O3/c1-7(2)5-8(14)6-12-11(16)9-3-4-10(15)13-9/h7-9,14H,3-6H2,1-2H3,(H,12,16)(H,13,15). The lowest BCUT2D eigenvalue weighted by molar-refractivity contribution is -0.126. The highest BCUT2D eigenvalue weighted by Gasteiger charge is 2.27. The van der Waals surface area contributed by atoms with E-state index in [1.807, 2.05) is 13.8 Å². The van der Waals surface area contributed by atoms with Crippen LogP contribution in [0.4, 0.5) is 0 Å². The van der Waals surface area contributed by atoms with Crippen LogP contribution in [0, 0.1) is 5.92 Å². The van der Waals surface area contributed by atoms with Crippen molar-refractivity contribution in [1.29, 1.82) is 0 Å². The van der Waals surface area contributed by atoms with E-state index < -0.39 is 12.1 Å². The van der Waals surface area contributed by atoms with E-state index in [0.717, 1.165) is 0 Å². The van der Waals surface area contributed by atoms with Gasteiger partial charge in [-0.1, -0.05) is 13.8 Å². The number of hydrogen-bond donors (Lipinski definition) is 3. The van der Waals surface area contributed by atoms with Crippen molar-refractivity contribution in [2.45, 2.75) is 45.3 Å². The maximum atomic E-state index is 11.5. The molecule has 0 spiro atoms. The Labute approximate surface area is 95.6 Å². The molecule has 1 fully saturated rings. The van der Waals surface area contributed by atoms with Gasteiger partial charge < -0.3 is 15.7 Å². The first kappa shape index (κ1) is 13.0. The summed E-state index contributed by atoms with van der Waals surface area (Å²) in [6.07, 6.45) is 1.11. The largest absolute Gasteiger partial charge is 0.391 e. The lowest BCUT2D eigenvalue weighted by Crippen LogP contribution is -2.44. The van der Waals surface area contributed by atoms with Gasteiger partial charge in [0, 0.05) is 13.0 Å². The van der Waals surface area contributed by atoms with Crippen LogP contribution in [0.25, 0.3) is 0 Å². The second-order valence-electron chi connectivity index (χ2n) is 4.69. The Balaban J connectivity index is 2.22. The second-order valence-corrected chi connectivity index (χ2v) is 4.69. The molecule has 16 heavy (non-hydrogen) atoms. The maximum Gasteiger partial charge on any atom is 0.242 e. The fourth-order valence-electron chi connectivity index (χ4n) is 1.78. The molecular weight excluding hydrogens is 208 g/mol. The van der Waals surface area contributed by atoms with Crippen LogP contribution in [0.2, 0.25) is 0 Å². The van der Waals surface area contributed by atoms with Gasteiger partial charge in [-0.2, -0.15) is 0 Å². The summed E-state index contributed by atoms with van der Waals surface area (Å²) >= 11 is 0. The van der Waals surface area contributed by atoms with Crippen molar-refractivity contribution in [1.82, 2.24) is 10.6 Å². The molecule has 0 aromatic heterocycles. The smallest absolute Gasteiger partial charge is 0.242 e. The maximum absolute atomic E-state index is 11.5. The lowest BCUT2D eigenvalue weighted by atomic mass is 10.1. The fraction of sp³-hybridized carbons (Fsp3) is 0.818. The summed E-state index contributed by atoms with van der Waals surface area (Å²) in [5.74, 6) is 0.120. The third-order valence-electron chi connectivity index (χ3n) is 2.57. The fourth-order valence-corrected chi connectivity index (χ4v) is 1.78. The SMILES string of the molecule is CC(C)CC(O)CNC(=O)C1CCC(=O)N1. The molecule has 2 unspecified atom stereocenters. The van der Waals surface area contributed by atoms with Gasteiger partial charge in [0.25, 0.3) is 0 Å². The van der Waals surface area contributed by atoms with Gasteiger partial charge in [-0.15, -0.1) is 0 Å².